The molecule has 0 spiro atoms. The molecule has 2 heterocycles. The van der Waals surface area contributed by atoms with E-state index in [1.165, 1.54) is 16.8 Å². The van der Waals surface area contributed by atoms with E-state index in [-0.39, 0.29) is 5.91 Å². The number of carbonyl (C=O) groups is 1. The van der Waals surface area contributed by atoms with Crippen LogP contribution in [0, 0.1) is 13.8 Å². The summed E-state index contributed by atoms with van der Waals surface area (Å²) in [4.78, 5) is 17.1. The molecule has 5 heteroatoms. The Morgan fingerprint density at radius 1 is 1.04 bits per heavy atom. The van der Waals surface area contributed by atoms with E-state index in [0.29, 0.717) is 6.42 Å². The van der Waals surface area contributed by atoms with Gasteiger partial charge in [-0.25, -0.2) is 0 Å². The fourth-order valence-corrected chi connectivity index (χ4v) is 3.72. The van der Waals surface area contributed by atoms with Crippen LogP contribution in [0.15, 0.2) is 30.3 Å². The van der Waals surface area contributed by atoms with Gasteiger partial charge in [0.05, 0.1) is 5.69 Å². The van der Waals surface area contributed by atoms with Gasteiger partial charge < -0.3 is 4.90 Å². The van der Waals surface area contributed by atoms with Crippen molar-refractivity contribution in [2.24, 2.45) is 7.05 Å². The second-order valence-electron chi connectivity index (χ2n) is 7.23. The third-order valence-electron chi connectivity index (χ3n) is 5.53. The highest BCUT2D eigenvalue weighted by atomic mass is 16.2. The lowest BCUT2D eigenvalue weighted by Crippen LogP contribution is -2.49. The van der Waals surface area contributed by atoms with Crippen LogP contribution in [0.5, 0.6) is 0 Å². The smallest absolute Gasteiger partial charge is 0.222 e. The van der Waals surface area contributed by atoms with Crippen LogP contribution in [-0.2, 0) is 24.7 Å². The number of aromatic nitrogens is 2. The molecule has 1 aliphatic heterocycles. The molecule has 1 saturated heterocycles. The molecule has 1 amide bonds. The van der Waals surface area contributed by atoms with Crippen LogP contribution in [0.1, 0.15) is 28.9 Å². The number of nitrogens with zero attached hydrogens (tertiary/aromatic N) is 4. The van der Waals surface area contributed by atoms with Gasteiger partial charge in [-0.2, -0.15) is 5.10 Å². The van der Waals surface area contributed by atoms with E-state index < -0.39 is 0 Å². The van der Waals surface area contributed by atoms with Crippen molar-refractivity contribution < 1.29 is 4.79 Å². The number of piperazine rings is 1. The zero-order valence-corrected chi connectivity index (χ0v) is 16.2. The first kappa shape index (κ1) is 18.6. The topological polar surface area (TPSA) is 41.4 Å². The summed E-state index contributed by atoms with van der Waals surface area (Å²) in [5.74, 6) is 0.273. The molecule has 0 atom stereocenters. The van der Waals surface area contributed by atoms with E-state index in [2.05, 4.69) is 47.3 Å². The summed E-state index contributed by atoms with van der Waals surface area (Å²) in [5.41, 5.74) is 4.82. The fourth-order valence-electron chi connectivity index (χ4n) is 3.72. The minimum absolute atomic E-state index is 0.273. The van der Waals surface area contributed by atoms with Gasteiger partial charge in [0.2, 0.25) is 5.91 Å². The standard InChI is InChI=1S/C21H30N4O/c1-17-20(18(2)23(3)22-17)9-10-21(26)25-15-13-24(14-16-25)12-11-19-7-5-4-6-8-19/h4-8H,9-16H2,1-3H3. The first-order valence-electron chi connectivity index (χ1n) is 9.57. The Morgan fingerprint density at radius 3 is 2.35 bits per heavy atom. The van der Waals surface area contributed by atoms with E-state index in [1.54, 1.807) is 0 Å². The summed E-state index contributed by atoms with van der Waals surface area (Å²) in [5, 5.41) is 4.44. The molecule has 26 heavy (non-hydrogen) atoms. The van der Waals surface area contributed by atoms with Crippen molar-refractivity contribution in [3.63, 3.8) is 0 Å². The molecule has 0 saturated carbocycles. The number of hydrogen-bond acceptors (Lipinski definition) is 3. The van der Waals surface area contributed by atoms with Gasteiger partial charge in [0.1, 0.15) is 0 Å². The Hall–Kier alpha value is -2.14. The molecule has 2 aromatic rings. The summed E-state index contributed by atoms with van der Waals surface area (Å²) < 4.78 is 1.90. The van der Waals surface area contributed by atoms with Crippen LogP contribution in [0.3, 0.4) is 0 Å². The molecule has 0 unspecified atom stereocenters. The SMILES string of the molecule is Cc1nn(C)c(C)c1CCC(=O)N1CCN(CCc2ccccc2)CC1. The Morgan fingerprint density at radius 2 is 1.73 bits per heavy atom. The lowest BCUT2D eigenvalue weighted by Gasteiger charge is -2.34. The summed E-state index contributed by atoms with van der Waals surface area (Å²) in [6, 6.07) is 10.6. The molecular weight excluding hydrogens is 324 g/mol. The van der Waals surface area contributed by atoms with E-state index >= 15 is 0 Å². The monoisotopic (exact) mass is 354 g/mol. The lowest BCUT2D eigenvalue weighted by atomic mass is 10.1. The highest BCUT2D eigenvalue weighted by Crippen LogP contribution is 2.15. The largest absolute Gasteiger partial charge is 0.340 e. The molecule has 0 radical (unpaired) electrons. The first-order chi connectivity index (χ1) is 12.5. The molecule has 140 valence electrons. The average molecular weight is 354 g/mol. The summed E-state index contributed by atoms with van der Waals surface area (Å²) in [6.45, 7) is 8.81. The lowest BCUT2D eigenvalue weighted by molar-refractivity contribution is -0.132. The number of aryl methyl sites for hydroxylation is 2. The van der Waals surface area contributed by atoms with Gasteiger partial charge in [-0.3, -0.25) is 14.4 Å². The molecule has 5 nitrogen and oxygen atoms in total. The summed E-state index contributed by atoms with van der Waals surface area (Å²) in [7, 11) is 1.96. The van der Waals surface area contributed by atoms with Gasteiger partial charge >= 0.3 is 0 Å². The molecule has 0 bridgehead atoms. The summed E-state index contributed by atoms with van der Waals surface area (Å²) in [6.07, 6.45) is 2.45. The molecule has 1 aromatic heterocycles. The normalized spacial score (nSPS) is 15.4. The molecule has 3 rings (SSSR count). The molecule has 1 fully saturated rings. The quantitative estimate of drug-likeness (QED) is 0.800. The van der Waals surface area contributed by atoms with Crippen molar-refractivity contribution in [2.75, 3.05) is 32.7 Å². The molecule has 1 aromatic carbocycles. The predicted molar refractivity (Wildman–Crippen MR) is 104 cm³/mol. The van der Waals surface area contributed by atoms with E-state index in [1.807, 2.05) is 23.6 Å². The van der Waals surface area contributed by atoms with E-state index in [4.69, 9.17) is 0 Å². The van der Waals surface area contributed by atoms with Gasteiger partial charge in [0.25, 0.3) is 0 Å². The highest BCUT2D eigenvalue weighted by molar-refractivity contribution is 5.76. The van der Waals surface area contributed by atoms with Crippen molar-refractivity contribution in [2.45, 2.75) is 33.1 Å². The van der Waals surface area contributed by atoms with Crippen LogP contribution >= 0.6 is 0 Å². The van der Waals surface area contributed by atoms with Crippen LogP contribution < -0.4 is 0 Å². The third-order valence-corrected chi connectivity index (χ3v) is 5.53. The Kier molecular flexibility index (Phi) is 6.09. The Balaban J connectivity index is 1.42. The van der Waals surface area contributed by atoms with Crippen LogP contribution in [0.25, 0.3) is 0 Å². The fraction of sp³-hybridized carbons (Fsp3) is 0.524. The maximum Gasteiger partial charge on any atom is 0.222 e. The number of amides is 1. The van der Waals surface area contributed by atoms with Crippen molar-refractivity contribution in [1.29, 1.82) is 0 Å². The van der Waals surface area contributed by atoms with Crippen molar-refractivity contribution in [3.8, 4) is 0 Å². The molecular formula is C21H30N4O. The predicted octanol–water partition coefficient (Wildman–Crippen LogP) is 2.36. The van der Waals surface area contributed by atoms with Gasteiger partial charge in [-0.15, -0.1) is 0 Å². The van der Waals surface area contributed by atoms with Crippen LogP contribution in [0.4, 0.5) is 0 Å². The number of rotatable bonds is 6. The molecule has 0 aliphatic carbocycles. The van der Waals surface area contributed by atoms with Crippen molar-refractivity contribution in [3.05, 3.63) is 52.8 Å². The molecule has 1 aliphatic rings. The van der Waals surface area contributed by atoms with Gasteiger partial charge in [-0.1, -0.05) is 30.3 Å². The van der Waals surface area contributed by atoms with Gasteiger partial charge in [-0.05, 0) is 37.8 Å². The number of carbonyl (C=O) groups excluding carboxylic acids is 1. The van der Waals surface area contributed by atoms with Gasteiger partial charge in [0, 0.05) is 51.9 Å². The maximum atomic E-state index is 12.6. The van der Waals surface area contributed by atoms with Crippen LogP contribution in [-0.4, -0.2) is 58.2 Å². The molecule has 0 N–H and O–H groups in total. The Labute approximate surface area is 156 Å². The van der Waals surface area contributed by atoms with Crippen molar-refractivity contribution in [1.82, 2.24) is 19.6 Å². The minimum atomic E-state index is 0.273. The number of hydrogen-bond donors (Lipinski definition) is 0. The second kappa shape index (κ2) is 8.49. The van der Waals surface area contributed by atoms with E-state index in [9.17, 15) is 4.79 Å². The first-order valence-corrected chi connectivity index (χ1v) is 9.57. The average Bonchev–Trinajstić information content (AvgIpc) is 2.91. The van der Waals surface area contributed by atoms with Gasteiger partial charge in [0.15, 0.2) is 0 Å². The number of benzene rings is 1. The third kappa shape index (κ3) is 4.52. The maximum absolute atomic E-state index is 12.6. The second-order valence-corrected chi connectivity index (χ2v) is 7.23. The van der Waals surface area contributed by atoms with Crippen molar-refractivity contribution >= 4 is 5.91 Å². The summed E-state index contributed by atoms with van der Waals surface area (Å²) >= 11 is 0. The zero-order chi connectivity index (χ0) is 18.5. The highest BCUT2D eigenvalue weighted by Gasteiger charge is 2.21. The minimum Gasteiger partial charge on any atom is -0.340 e. The Bertz CT molecular complexity index is 730. The zero-order valence-electron chi connectivity index (χ0n) is 16.2. The van der Waals surface area contributed by atoms with Crippen LogP contribution in [0.2, 0.25) is 0 Å². The van der Waals surface area contributed by atoms with E-state index in [0.717, 1.165) is 51.3 Å².